The fourth-order valence-electron chi connectivity index (χ4n) is 2.42. The second-order valence-corrected chi connectivity index (χ2v) is 4.80. The molecule has 3 N–H and O–H groups in total. The van der Waals surface area contributed by atoms with E-state index in [0.717, 1.165) is 17.7 Å². The zero-order valence-corrected chi connectivity index (χ0v) is 11.4. The van der Waals surface area contributed by atoms with Gasteiger partial charge in [0.25, 0.3) is 0 Å². The number of nitrogens with one attached hydrogen (secondary N) is 1. The highest BCUT2D eigenvalue weighted by atomic mass is 15.2. The van der Waals surface area contributed by atoms with E-state index in [1.54, 1.807) is 0 Å². The van der Waals surface area contributed by atoms with Gasteiger partial charge in [-0.05, 0) is 29.2 Å². The Bertz CT molecular complexity index is 714. The Morgan fingerprint density at radius 1 is 1.00 bits per heavy atom. The monoisotopic (exact) mass is 263 g/mol. The molecule has 0 bridgehead atoms. The van der Waals surface area contributed by atoms with Crippen LogP contribution in [-0.4, -0.2) is 10.2 Å². The van der Waals surface area contributed by atoms with Gasteiger partial charge in [-0.1, -0.05) is 49.4 Å². The Morgan fingerprint density at radius 2 is 1.80 bits per heavy atom. The number of nitrogens with zero attached hydrogens (tertiary/aromatic N) is 1. The average molecular weight is 263 g/mol. The van der Waals surface area contributed by atoms with Crippen molar-refractivity contribution in [2.24, 2.45) is 0 Å². The van der Waals surface area contributed by atoms with Gasteiger partial charge in [-0.2, -0.15) is 5.10 Å². The first-order valence-corrected chi connectivity index (χ1v) is 6.77. The van der Waals surface area contributed by atoms with Crippen molar-refractivity contribution in [3.63, 3.8) is 0 Å². The maximum atomic E-state index is 5.68. The van der Waals surface area contributed by atoms with E-state index in [0.29, 0.717) is 5.82 Å². The van der Waals surface area contributed by atoms with E-state index >= 15 is 0 Å². The lowest BCUT2D eigenvalue weighted by Gasteiger charge is -2.10. The zero-order chi connectivity index (χ0) is 13.9. The summed E-state index contributed by atoms with van der Waals surface area (Å²) < 4.78 is 0. The van der Waals surface area contributed by atoms with Gasteiger partial charge < -0.3 is 5.73 Å². The molecule has 0 saturated carbocycles. The van der Waals surface area contributed by atoms with Gasteiger partial charge in [0.2, 0.25) is 0 Å². The van der Waals surface area contributed by atoms with Gasteiger partial charge in [0.1, 0.15) is 5.82 Å². The molecule has 0 fully saturated rings. The molecule has 0 aliphatic rings. The fraction of sp³-hybridized carbons (Fsp3) is 0.118. The summed E-state index contributed by atoms with van der Waals surface area (Å²) in [5.41, 5.74) is 11.6. The number of hydrogen-bond acceptors (Lipinski definition) is 2. The third kappa shape index (κ3) is 2.30. The molecule has 1 aromatic heterocycles. The maximum Gasteiger partial charge on any atom is 0.145 e. The summed E-state index contributed by atoms with van der Waals surface area (Å²) in [4.78, 5) is 0. The summed E-state index contributed by atoms with van der Waals surface area (Å²) in [6, 6.07) is 18.8. The number of benzene rings is 2. The van der Waals surface area contributed by atoms with Crippen molar-refractivity contribution in [1.29, 1.82) is 0 Å². The number of nitrogen functional groups attached to an aromatic ring is 1. The molecular weight excluding hydrogens is 246 g/mol. The molecule has 1 heterocycles. The molecule has 0 aliphatic carbocycles. The van der Waals surface area contributed by atoms with Crippen molar-refractivity contribution >= 4 is 5.82 Å². The minimum atomic E-state index is 0.515. The van der Waals surface area contributed by atoms with Crippen LogP contribution in [0.15, 0.2) is 54.6 Å². The molecule has 0 radical (unpaired) electrons. The minimum Gasteiger partial charge on any atom is -0.382 e. The van der Waals surface area contributed by atoms with Gasteiger partial charge >= 0.3 is 0 Å². The van der Waals surface area contributed by atoms with Crippen LogP contribution in [0.3, 0.4) is 0 Å². The molecule has 20 heavy (non-hydrogen) atoms. The maximum absolute atomic E-state index is 5.68. The van der Waals surface area contributed by atoms with Crippen LogP contribution < -0.4 is 5.73 Å². The Morgan fingerprint density at radius 3 is 2.45 bits per heavy atom. The number of aromatic amines is 1. The Balaban J connectivity index is 2.12. The van der Waals surface area contributed by atoms with E-state index in [2.05, 4.69) is 59.6 Å². The third-order valence-electron chi connectivity index (χ3n) is 3.48. The van der Waals surface area contributed by atoms with E-state index in [4.69, 9.17) is 5.73 Å². The number of aromatic nitrogens is 2. The molecular formula is C17H17N3. The molecule has 3 nitrogen and oxygen atoms in total. The molecule has 3 rings (SSSR count). The molecule has 0 amide bonds. The second kappa shape index (κ2) is 5.21. The number of nitrogens with two attached hydrogens (primary N) is 1. The SMILES string of the molecule is CCc1ccc(-c2cc(N)n[nH]2)cc1-c1ccccc1. The summed E-state index contributed by atoms with van der Waals surface area (Å²) >= 11 is 0. The summed E-state index contributed by atoms with van der Waals surface area (Å²) in [5.74, 6) is 0.515. The summed E-state index contributed by atoms with van der Waals surface area (Å²) in [6.07, 6.45) is 1.01. The van der Waals surface area contributed by atoms with Gasteiger partial charge in [-0.25, -0.2) is 0 Å². The summed E-state index contributed by atoms with van der Waals surface area (Å²) in [5, 5.41) is 6.95. The van der Waals surface area contributed by atoms with E-state index in [-0.39, 0.29) is 0 Å². The lowest BCUT2D eigenvalue weighted by atomic mass is 9.95. The average Bonchev–Trinajstić information content (AvgIpc) is 2.94. The molecule has 3 aromatic rings. The number of anilines is 1. The van der Waals surface area contributed by atoms with Crippen LogP contribution >= 0.6 is 0 Å². The number of rotatable bonds is 3. The summed E-state index contributed by atoms with van der Waals surface area (Å²) in [6.45, 7) is 2.18. The Kier molecular flexibility index (Phi) is 3.25. The molecule has 0 atom stereocenters. The molecule has 0 saturated heterocycles. The number of aryl methyl sites for hydroxylation is 1. The van der Waals surface area contributed by atoms with Gasteiger partial charge in [-0.15, -0.1) is 0 Å². The van der Waals surface area contributed by atoms with Crippen LogP contribution in [0.4, 0.5) is 5.82 Å². The van der Waals surface area contributed by atoms with Crippen molar-refractivity contribution < 1.29 is 0 Å². The normalized spacial score (nSPS) is 10.7. The standard InChI is InChI=1S/C17H17N3/c1-2-12-8-9-14(16-11-17(18)20-19-16)10-15(12)13-6-4-3-5-7-13/h3-11H,2H2,1H3,(H3,18,19,20). The van der Waals surface area contributed by atoms with Crippen LogP contribution in [0.5, 0.6) is 0 Å². The van der Waals surface area contributed by atoms with E-state index in [1.165, 1.54) is 16.7 Å². The van der Waals surface area contributed by atoms with E-state index < -0.39 is 0 Å². The topological polar surface area (TPSA) is 54.7 Å². The van der Waals surface area contributed by atoms with Crippen molar-refractivity contribution in [3.05, 3.63) is 60.2 Å². The van der Waals surface area contributed by atoms with E-state index in [9.17, 15) is 0 Å². The first kappa shape index (κ1) is 12.5. The van der Waals surface area contributed by atoms with Crippen LogP contribution in [0.1, 0.15) is 12.5 Å². The first-order chi connectivity index (χ1) is 9.78. The van der Waals surface area contributed by atoms with Crippen molar-refractivity contribution in [2.75, 3.05) is 5.73 Å². The van der Waals surface area contributed by atoms with Crippen molar-refractivity contribution in [2.45, 2.75) is 13.3 Å². The Hall–Kier alpha value is -2.55. The van der Waals surface area contributed by atoms with Crippen molar-refractivity contribution in [1.82, 2.24) is 10.2 Å². The quantitative estimate of drug-likeness (QED) is 0.753. The number of hydrogen-bond donors (Lipinski definition) is 2. The van der Waals surface area contributed by atoms with Crippen LogP contribution in [0.2, 0.25) is 0 Å². The minimum absolute atomic E-state index is 0.515. The van der Waals surface area contributed by atoms with Crippen LogP contribution in [-0.2, 0) is 6.42 Å². The van der Waals surface area contributed by atoms with Gasteiger partial charge in [0.15, 0.2) is 0 Å². The van der Waals surface area contributed by atoms with Crippen molar-refractivity contribution in [3.8, 4) is 22.4 Å². The molecule has 0 unspecified atom stereocenters. The largest absolute Gasteiger partial charge is 0.382 e. The van der Waals surface area contributed by atoms with Crippen LogP contribution in [0, 0.1) is 0 Å². The molecule has 0 spiro atoms. The fourth-order valence-corrected chi connectivity index (χ4v) is 2.42. The summed E-state index contributed by atoms with van der Waals surface area (Å²) in [7, 11) is 0. The molecule has 2 aromatic carbocycles. The molecule has 0 aliphatic heterocycles. The smallest absolute Gasteiger partial charge is 0.145 e. The van der Waals surface area contributed by atoms with Gasteiger partial charge in [0, 0.05) is 11.6 Å². The highest BCUT2D eigenvalue weighted by molar-refractivity contribution is 5.75. The first-order valence-electron chi connectivity index (χ1n) is 6.77. The third-order valence-corrected chi connectivity index (χ3v) is 3.48. The predicted octanol–water partition coefficient (Wildman–Crippen LogP) is 3.89. The predicted molar refractivity (Wildman–Crippen MR) is 83.3 cm³/mol. The number of H-pyrrole nitrogens is 1. The lowest BCUT2D eigenvalue weighted by molar-refractivity contribution is 1.10. The highest BCUT2D eigenvalue weighted by Crippen LogP contribution is 2.29. The van der Waals surface area contributed by atoms with Crippen LogP contribution in [0.25, 0.3) is 22.4 Å². The highest BCUT2D eigenvalue weighted by Gasteiger charge is 2.08. The van der Waals surface area contributed by atoms with Gasteiger partial charge in [0.05, 0.1) is 5.69 Å². The Labute approximate surface area is 118 Å². The molecule has 3 heteroatoms. The van der Waals surface area contributed by atoms with E-state index in [1.807, 2.05) is 12.1 Å². The zero-order valence-electron chi connectivity index (χ0n) is 11.4. The molecule has 100 valence electrons. The van der Waals surface area contributed by atoms with Gasteiger partial charge in [-0.3, -0.25) is 5.10 Å². The second-order valence-electron chi connectivity index (χ2n) is 4.80. The lowest BCUT2D eigenvalue weighted by Crippen LogP contribution is -1.89.